The Bertz CT molecular complexity index is 577. The third-order valence-corrected chi connectivity index (χ3v) is 3.09. The number of ether oxygens (including phenoxy) is 1. The van der Waals surface area contributed by atoms with Gasteiger partial charge in [0.25, 0.3) is 0 Å². The van der Waals surface area contributed by atoms with Crippen LogP contribution >= 0.6 is 0 Å². The second-order valence-electron chi connectivity index (χ2n) is 4.42. The third-order valence-electron chi connectivity index (χ3n) is 3.09. The fourth-order valence-electron chi connectivity index (χ4n) is 2.06. The lowest BCUT2D eigenvalue weighted by Crippen LogP contribution is -2.31. The first-order valence-corrected chi connectivity index (χ1v) is 6.12. The van der Waals surface area contributed by atoms with Crippen LogP contribution in [0.15, 0.2) is 54.6 Å². The average Bonchev–Trinajstić information content (AvgIpc) is 3.25. The molecule has 2 amide bonds. The van der Waals surface area contributed by atoms with Crippen LogP contribution in [0.1, 0.15) is 11.7 Å². The molecule has 1 unspecified atom stereocenters. The lowest BCUT2D eigenvalue weighted by Gasteiger charge is -2.20. The van der Waals surface area contributed by atoms with Crippen molar-refractivity contribution in [3.8, 4) is 0 Å². The maximum Gasteiger partial charge on any atom is 0.323 e. The van der Waals surface area contributed by atoms with Gasteiger partial charge in [0, 0.05) is 0 Å². The summed E-state index contributed by atoms with van der Waals surface area (Å²) in [6.07, 6.45) is 0.216. The molecule has 2 N–H and O–H groups in total. The quantitative estimate of drug-likeness (QED) is 0.856. The van der Waals surface area contributed by atoms with Crippen LogP contribution in [-0.2, 0) is 4.74 Å². The van der Waals surface area contributed by atoms with Crippen LogP contribution in [0.3, 0.4) is 0 Å². The number of hydrogen-bond acceptors (Lipinski definition) is 2. The molecular weight excluding hydrogens is 240 g/mol. The van der Waals surface area contributed by atoms with Crippen LogP contribution in [0.5, 0.6) is 0 Å². The van der Waals surface area contributed by atoms with Crippen molar-refractivity contribution in [2.75, 3.05) is 11.5 Å². The number of hydrogen-bond donors (Lipinski definition) is 1. The molecule has 0 bridgehead atoms. The topological polar surface area (TPSA) is 58.9 Å². The molecule has 0 saturated carbocycles. The molecule has 19 heavy (non-hydrogen) atoms. The Balaban J connectivity index is 1.93. The number of nitrogens with zero attached hydrogens (tertiary/aromatic N) is 1. The minimum atomic E-state index is -0.498. The lowest BCUT2D eigenvalue weighted by molar-refractivity contribution is 0.256. The maximum atomic E-state index is 11.7. The SMILES string of the molecule is NC(=O)N(c1ccccc1)c1ccc(C2CO2)cc1. The summed E-state index contributed by atoms with van der Waals surface area (Å²) in [7, 11) is 0. The number of rotatable bonds is 3. The van der Waals surface area contributed by atoms with E-state index in [4.69, 9.17) is 10.5 Å². The number of benzene rings is 2. The Hall–Kier alpha value is -2.33. The Morgan fingerprint density at radius 3 is 2.16 bits per heavy atom. The van der Waals surface area contributed by atoms with Crippen molar-refractivity contribution in [2.24, 2.45) is 5.73 Å². The Morgan fingerprint density at radius 2 is 1.63 bits per heavy atom. The summed E-state index contributed by atoms with van der Waals surface area (Å²) >= 11 is 0. The summed E-state index contributed by atoms with van der Waals surface area (Å²) in [4.78, 5) is 13.1. The smallest absolute Gasteiger partial charge is 0.323 e. The number of primary amides is 1. The number of amides is 2. The first-order valence-electron chi connectivity index (χ1n) is 6.12. The van der Waals surface area contributed by atoms with Gasteiger partial charge >= 0.3 is 6.03 Å². The van der Waals surface area contributed by atoms with Crippen molar-refractivity contribution in [2.45, 2.75) is 6.10 Å². The number of urea groups is 1. The zero-order chi connectivity index (χ0) is 13.2. The van der Waals surface area contributed by atoms with Crippen LogP contribution < -0.4 is 10.6 Å². The first-order chi connectivity index (χ1) is 9.25. The predicted molar refractivity (Wildman–Crippen MR) is 73.3 cm³/mol. The van der Waals surface area contributed by atoms with E-state index < -0.39 is 6.03 Å². The maximum absolute atomic E-state index is 11.7. The van der Waals surface area contributed by atoms with E-state index in [0.29, 0.717) is 0 Å². The van der Waals surface area contributed by atoms with E-state index in [0.717, 1.165) is 23.5 Å². The molecule has 2 aromatic rings. The number of carbonyl (C=O) groups is 1. The number of anilines is 2. The van der Waals surface area contributed by atoms with Gasteiger partial charge in [0.1, 0.15) is 6.10 Å². The van der Waals surface area contributed by atoms with E-state index in [2.05, 4.69) is 0 Å². The monoisotopic (exact) mass is 254 g/mol. The lowest BCUT2D eigenvalue weighted by atomic mass is 10.1. The van der Waals surface area contributed by atoms with E-state index in [1.807, 2.05) is 54.6 Å². The van der Waals surface area contributed by atoms with Gasteiger partial charge in [-0.3, -0.25) is 4.90 Å². The Morgan fingerprint density at radius 1 is 1.05 bits per heavy atom. The summed E-state index contributed by atoms with van der Waals surface area (Å²) in [6.45, 7) is 0.775. The zero-order valence-electron chi connectivity index (χ0n) is 10.3. The highest BCUT2D eigenvalue weighted by Crippen LogP contribution is 2.32. The molecule has 4 nitrogen and oxygen atoms in total. The van der Waals surface area contributed by atoms with Gasteiger partial charge in [-0.25, -0.2) is 4.79 Å². The summed E-state index contributed by atoms with van der Waals surface area (Å²) in [6, 6.07) is 16.5. The second kappa shape index (κ2) is 4.74. The van der Waals surface area contributed by atoms with Crippen molar-refractivity contribution in [1.29, 1.82) is 0 Å². The molecule has 1 atom stereocenters. The fourth-order valence-corrected chi connectivity index (χ4v) is 2.06. The van der Waals surface area contributed by atoms with Gasteiger partial charge in [0.15, 0.2) is 0 Å². The van der Waals surface area contributed by atoms with E-state index in [9.17, 15) is 4.79 Å². The van der Waals surface area contributed by atoms with Crippen molar-refractivity contribution in [1.82, 2.24) is 0 Å². The van der Waals surface area contributed by atoms with Crippen LogP contribution in [0.4, 0.5) is 16.2 Å². The third kappa shape index (κ3) is 2.44. The van der Waals surface area contributed by atoms with Gasteiger partial charge in [0.2, 0.25) is 0 Å². The van der Waals surface area contributed by atoms with Gasteiger partial charge in [-0.15, -0.1) is 0 Å². The number of epoxide rings is 1. The molecule has 0 aromatic heterocycles. The number of carbonyl (C=O) groups excluding carboxylic acids is 1. The highest BCUT2D eigenvalue weighted by molar-refractivity contribution is 5.98. The molecule has 0 spiro atoms. The zero-order valence-corrected chi connectivity index (χ0v) is 10.3. The number of para-hydroxylation sites is 1. The van der Waals surface area contributed by atoms with Crippen LogP contribution in [0.2, 0.25) is 0 Å². The van der Waals surface area contributed by atoms with E-state index in [-0.39, 0.29) is 6.10 Å². The summed E-state index contributed by atoms with van der Waals surface area (Å²) in [5.74, 6) is 0. The largest absolute Gasteiger partial charge is 0.368 e. The Kier molecular flexibility index (Phi) is 2.93. The molecule has 1 aliphatic rings. The summed E-state index contributed by atoms with van der Waals surface area (Å²) in [5.41, 5.74) is 8.11. The second-order valence-corrected chi connectivity index (χ2v) is 4.42. The van der Waals surface area contributed by atoms with Crippen LogP contribution in [0, 0.1) is 0 Å². The Labute approximate surface area is 111 Å². The van der Waals surface area contributed by atoms with Crippen LogP contribution in [0.25, 0.3) is 0 Å². The molecule has 2 aromatic carbocycles. The molecule has 1 aliphatic heterocycles. The van der Waals surface area contributed by atoms with Crippen molar-refractivity contribution >= 4 is 17.4 Å². The minimum Gasteiger partial charge on any atom is -0.368 e. The molecule has 1 fully saturated rings. The highest BCUT2D eigenvalue weighted by atomic mass is 16.6. The average molecular weight is 254 g/mol. The first kappa shape index (κ1) is 11.7. The van der Waals surface area contributed by atoms with E-state index in [1.54, 1.807) is 0 Å². The molecule has 96 valence electrons. The van der Waals surface area contributed by atoms with Gasteiger partial charge in [-0.1, -0.05) is 30.3 Å². The molecular formula is C15H14N2O2. The molecule has 1 heterocycles. The molecule has 1 saturated heterocycles. The van der Waals surface area contributed by atoms with Gasteiger partial charge in [-0.05, 0) is 29.8 Å². The predicted octanol–water partition coefficient (Wildman–Crippen LogP) is 2.97. The highest BCUT2D eigenvalue weighted by Gasteiger charge is 2.25. The van der Waals surface area contributed by atoms with Crippen molar-refractivity contribution in [3.63, 3.8) is 0 Å². The minimum absolute atomic E-state index is 0.216. The fraction of sp³-hybridized carbons (Fsp3) is 0.133. The molecule has 3 rings (SSSR count). The normalized spacial score (nSPS) is 16.9. The van der Waals surface area contributed by atoms with Gasteiger partial charge in [-0.2, -0.15) is 0 Å². The summed E-state index contributed by atoms with van der Waals surface area (Å²) < 4.78 is 5.22. The summed E-state index contributed by atoms with van der Waals surface area (Å²) in [5, 5.41) is 0. The number of nitrogens with two attached hydrogens (primary N) is 1. The van der Waals surface area contributed by atoms with Crippen molar-refractivity contribution in [3.05, 3.63) is 60.2 Å². The van der Waals surface area contributed by atoms with E-state index >= 15 is 0 Å². The van der Waals surface area contributed by atoms with Crippen LogP contribution in [-0.4, -0.2) is 12.6 Å². The van der Waals surface area contributed by atoms with Crippen molar-refractivity contribution < 1.29 is 9.53 Å². The van der Waals surface area contributed by atoms with Gasteiger partial charge < -0.3 is 10.5 Å². The molecule has 4 heteroatoms. The standard InChI is InChI=1S/C15H14N2O2/c16-15(18)17(12-4-2-1-3-5-12)13-8-6-11(7-9-13)14-10-19-14/h1-9,14H,10H2,(H2,16,18). The molecule has 0 radical (unpaired) electrons. The van der Waals surface area contributed by atoms with E-state index in [1.165, 1.54) is 4.90 Å². The van der Waals surface area contributed by atoms with Gasteiger partial charge in [0.05, 0.1) is 18.0 Å². The molecule has 0 aliphatic carbocycles.